The number of nitrogens with two attached hydrogens (primary N) is 1. The van der Waals surface area contributed by atoms with Gasteiger partial charge in [0, 0.05) is 0 Å². The van der Waals surface area contributed by atoms with Crippen LogP contribution in [0.4, 0.5) is 0 Å². The molecule has 0 aromatic rings. The van der Waals surface area contributed by atoms with Crippen molar-refractivity contribution in [2.24, 2.45) is 5.90 Å². The summed E-state index contributed by atoms with van der Waals surface area (Å²) < 4.78 is 17.6. The normalized spacial score (nSPS) is 12.7. The van der Waals surface area contributed by atoms with E-state index in [1.165, 1.54) is 0 Å². The van der Waals surface area contributed by atoms with E-state index in [1.807, 2.05) is 0 Å². The van der Waals surface area contributed by atoms with Crippen molar-refractivity contribution in [1.82, 2.24) is 0 Å². The van der Waals surface area contributed by atoms with E-state index in [0.717, 1.165) is 6.26 Å². The summed E-state index contributed by atoms with van der Waals surface area (Å²) in [5.41, 5.74) is 0. The first-order valence-corrected chi connectivity index (χ1v) is 2.38. The Balaban J connectivity index is 3.17. The lowest BCUT2D eigenvalue weighted by Crippen LogP contribution is -2.03. The average Bonchev–Trinajstić information content (AvgIpc) is 1.68. The first-order valence-electron chi connectivity index (χ1n) is 1.38. The Morgan fingerprint density at radius 2 is 2.43 bits per heavy atom. The van der Waals surface area contributed by atoms with Crippen LogP contribution in [-0.4, -0.2) is 4.21 Å². The summed E-state index contributed by atoms with van der Waals surface area (Å²) in [6.45, 7) is 3.10. The third-order valence-corrected chi connectivity index (χ3v) is 0.676. The Hall–Kier alpha value is -0.390. The highest BCUT2D eigenvalue weighted by Crippen LogP contribution is 1.80. The summed E-state index contributed by atoms with van der Waals surface area (Å²) in [4.78, 5) is 0. The molecule has 7 heavy (non-hydrogen) atoms. The Labute approximate surface area is 43.7 Å². The summed E-state index contributed by atoms with van der Waals surface area (Å²) in [6.07, 6.45) is 0.975. The molecular formula is C2H5NO3S. The molecule has 42 valence electrons. The molecule has 4 nitrogen and oxygen atoms in total. The second-order valence-corrected chi connectivity index (χ2v) is 1.36. The first-order chi connectivity index (χ1) is 3.31. The fourth-order valence-electron chi connectivity index (χ4n) is 0.0782. The highest BCUT2D eigenvalue weighted by atomic mass is 32.2. The predicted molar refractivity (Wildman–Crippen MR) is 24.7 cm³/mol. The molecule has 0 aliphatic carbocycles. The van der Waals surface area contributed by atoms with Crippen molar-refractivity contribution in [2.45, 2.75) is 0 Å². The molecule has 0 fully saturated rings. The molecule has 0 spiro atoms. The summed E-state index contributed by atoms with van der Waals surface area (Å²) in [5.74, 6) is 4.39. The van der Waals surface area contributed by atoms with E-state index in [0.29, 0.717) is 0 Å². The van der Waals surface area contributed by atoms with Crippen LogP contribution >= 0.6 is 0 Å². The maximum absolute atomic E-state index is 9.88. The van der Waals surface area contributed by atoms with E-state index in [1.54, 1.807) is 0 Å². The second-order valence-electron chi connectivity index (χ2n) is 0.563. The van der Waals surface area contributed by atoms with Crippen molar-refractivity contribution in [1.29, 1.82) is 0 Å². The molecule has 0 rings (SSSR count). The van der Waals surface area contributed by atoms with Gasteiger partial charge in [0.25, 0.3) is 0 Å². The third kappa shape index (κ3) is 3.44. The van der Waals surface area contributed by atoms with Gasteiger partial charge in [-0.05, 0) is 0 Å². The quantitative estimate of drug-likeness (QED) is 0.410. The maximum atomic E-state index is 9.88. The molecule has 1 unspecified atom stereocenters. The molecule has 0 aromatic heterocycles. The van der Waals surface area contributed by atoms with Crippen LogP contribution in [0.25, 0.3) is 0 Å². The third-order valence-electron chi connectivity index (χ3n) is 0.225. The van der Waals surface area contributed by atoms with Crippen LogP contribution in [-0.2, 0) is 19.8 Å². The zero-order chi connectivity index (χ0) is 5.70. The fraction of sp³-hybridized carbons (Fsp3) is 0. The molecule has 0 aromatic carbocycles. The van der Waals surface area contributed by atoms with E-state index in [4.69, 9.17) is 0 Å². The number of rotatable bonds is 3. The van der Waals surface area contributed by atoms with Gasteiger partial charge in [-0.25, -0.2) is 0 Å². The van der Waals surface area contributed by atoms with Crippen LogP contribution < -0.4 is 5.90 Å². The van der Waals surface area contributed by atoms with Gasteiger partial charge in [-0.1, -0.05) is 6.58 Å². The number of hydrogen-bond donors (Lipinski definition) is 1. The first kappa shape index (κ1) is 6.61. The van der Waals surface area contributed by atoms with Gasteiger partial charge in [0.2, 0.25) is 0 Å². The second kappa shape index (κ2) is 3.79. The van der Waals surface area contributed by atoms with Gasteiger partial charge in [0.05, 0.1) is 6.26 Å². The Morgan fingerprint density at radius 3 is 2.57 bits per heavy atom. The van der Waals surface area contributed by atoms with Crippen LogP contribution in [0.15, 0.2) is 12.8 Å². The molecule has 0 saturated heterocycles. The minimum absolute atomic E-state index is 0.975. The lowest BCUT2D eigenvalue weighted by atomic mass is 11.2. The molecule has 0 amide bonds. The monoisotopic (exact) mass is 123 g/mol. The van der Waals surface area contributed by atoms with Crippen LogP contribution in [0.2, 0.25) is 0 Å². The molecule has 0 bridgehead atoms. The number of hydrogen-bond acceptors (Lipinski definition) is 4. The summed E-state index contributed by atoms with van der Waals surface area (Å²) >= 11 is -1.87. The minimum Gasteiger partial charge on any atom is -0.388 e. The Morgan fingerprint density at radius 1 is 1.86 bits per heavy atom. The molecule has 0 saturated carbocycles. The van der Waals surface area contributed by atoms with Crippen LogP contribution in [0.1, 0.15) is 0 Å². The minimum atomic E-state index is -1.87. The zero-order valence-electron chi connectivity index (χ0n) is 3.49. The lowest BCUT2D eigenvalue weighted by Gasteiger charge is -1.89. The van der Waals surface area contributed by atoms with Crippen molar-refractivity contribution in [3.05, 3.63) is 12.8 Å². The van der Waals surface area contributed by atoms with Crippen molar-refractivity contribution in [3.63, 3.8) is 0 Å². The maximum Gasteiger partial charge on any atom is 0.377 e. The Bertz CT molecular complexity index is 83.0. The molecule has 0 radical (unpaired) electrons. The van der Waals surface area contributed by atoms with Crippen molar-refractivity contribution in [3.8, 4) is 0 Å². The molecular weight excluding hydrogens is 118 g/mol. The van der Waals surface area contributed by atoms with Crippen LogP contribution in [0.5, 0.6) is 0 Å². The van der Waals surface area contributed by atoms with Gasteiger partial charge in [0.1, 0.15) is 0 Å². The standard InChI is InChI=1S/C2H5NO3S/c1-2-5-7(4)6-3/h2H,1,3H2. The van der Waals surface area contributed by atoms with Gasteiger partial charge in [-0.3, -0.25) is 0 Å². The van der Waals surface area contributed by atoms with E-state index in [9.17, 15) is 4.21 Å². The zero-order valence-corrected chi connectivity index (χ0v) is 4.31. The summed E-state index contributed by atoms with van der Waals surface area (Å²) in [5, 5.41) is 0. The fourth-order valence-corrected chi connectivity index (χ4v) is 0.235. The van der Waals surface area contributed by atoms with E-state index in [-0.39, 0.29) is 0 Å². The molecule has 5 heteroatoms. The van der Waals surface area contributed by atoms with Gasteiger partial charge >= 0.3 is 11.4 Å². The van der Waals surface area contributed by atoms with E-state index >= 15 is 0 Å². The average molecular weight is 123 g/mol. The van der Waals surface area contributed by atoms with Crippen molar-refractivity contribution >= 4 is 11.4 Å². The van der Waals surface area contributed by atoms with E-state index < -0.39 is 11.4 Å². The van der Waals surface area contributed by atoms with Gasteiger partial charge in [-0.15, -0.1) is 0 Å². The largest absolute Gasteiger partial charge is 0.388 e. The molecule has 2 N–H and O–H groups in total. The predicted octanol–water partition coefficient (Wildman–Crippen LogP) is -0.385. The SMILES string of the molecule is C=COS(=O)ON. The molecule has 0 aliphatic rings. The van der Waals surface area contributed by atoms with Crippen molar-refractivity contribution < 1.29 is 12.7 Å². The molecule has 0 aliphatic heterocycles. The van der Waals surface area contributed by atoms with Crippen LogP contribution in [0.3, 0.4) is 0 Å². The van der Waals surface area contributed by atoms with Gasteiger partial charge < -0.3 is 4.18 Å². The van der Waals surface area contributed by atoms with Crippen molar-refractivity contribution in [2.75, 3.05) is 0 Å². The topological polar surface area (TPSA) is 61.5 Å². The smallest absolute Gasteiger partial charge is 0.377 e. The highest BCUT2D eigenvalue weighted by molar-refractivity contribution is 7.75. The Kier molecular flexibility index (Phi) is 3.58. The van der Waals surface area contributed by atoms with Gasteiger partial charge in [-0.2, -0.15) is 14.4 Å². The van der Waals surface area contributed by atoms with E-state index in [2.05, 4.69) is 20.9 Å². The highest BCUT2D eigenvalue weighted by Gasteiger charge is 1.88. The molecule has 0 heterocycles. The van der Waals surface area contributed by atoms with Crippen LogP contribution in [0, 0.1) is 0 Å². The summed E-state index contributed by atoms with van der Waals surface area (Å²) in [6, 6.07) is 0. The lowest BCUT2D eigenvalue weighted by molar-refractivity contribution is 0.309. The van der Waals surface area contributed by atoms with Gasteiger partial charge in [0.15, 0.2) is 0 Å². The summed E-state index contributed by atoms with van der Waals surface area (Å²) in [7, 11) is 0. The molecule has 1 atom stereocenters.